The van der Waals surface area contributed by atoms with Crippen molar-refractivity contribution in [1.82, 2.24) is 0 Å². The van der Waals surface area contributed by atoms with Crippen LogP contribution in [0.2, 0.25) is 0 Å². The number of hydrogen-bond acceptors (Lipinski definition) is 12. The van der Waals surface area contributed by atoms with E-state index in [9.17, 15) is 14.2 Å². The minimum absolute atomic E-state index is 0.00306. The molecule has 1 aromatic carbocycles. The Balaban J connectivity index is 1.93. The van der Waals surface area contributed by atoms with Crippen molar-refractivity contribution in [2.75, 3.05) is 26.8 Å². The predicted molar refractivity (Wildman–Crippen MR) is 209 cm³/mol. The van der Waals surface area contributed by atoms with E-state index in [4.69, 9.17) is 42.0 Å². The first-order valence-electron chi connectivity index (χ1n) is 20.0. The average molecular weight is 787 g/mol. The predicted octanol–water partition coefficient (Wildman–Crippen LogP) is 11.7. The van der Waals surface area contributed by atoms with Gasteiger partial charge in [0.05, 0.1) is 18.8 Å². The lowest BCUT2D eigenvalue weighted by Crippen LogP contribution is -2.37. The van der Waals surface area contributed by atoms with Crippen molar-refractivity contribution < 1.29 is 56.1 Å². The lowest BCUT2D eigenvalue weighted by molar-refractivity contribution is -0.0463. The molecule has 1 aliphatic heterocycles. The first-order chi connectivity index (χ1) is 25.3. The van der Waals surface area contributed by atoms with Gasteiger partial charge in [-0.3, -0.25) is 4.52 Å². The molecule has 0 aromatic heterocycles. The van der Waals surface area contributed by atoms with Crippen LogP contribution in [-0.4, -0.2) is 56.9 Å². The Morgan fingerprint density at radius 3 is 1.74 bits per heavy atom. The second-order valence-corrected chi connectivity index (χ2v) is 17.8. The molecule has 0 N–H and O–H groups in total. The quantitative estimate of drug-likeness (QED) is 0.0404. The molecule has 1 aliphatic rings. The molecule has 54 heavy (non-hydrogen) atoms. The third-order valence-electron chi connectivity index (χ3n) is 9.86. The van der Waals surface area contributed by atoms with E-state index in [-0.39, 0.29) is 18.8 Å². The number of phosphoric acid groups is 1. The smallest absolute Gasteiger partial charge is 0.491 e. The molecule has 0 spiro atoms. The van der Waals surface area contributed by atoms with Crippen LogP contribution in [0.4, 0.5) is 9.59 Å². The normalized spacial score (nSPS) is 16.9. The van der Waals surface area contributed by atoms with Crippen LogP contribution in [0, 0.1) is 38.5 Å². The molecule has 0 saturated carbocycles. The Kier molecular flexibility index (Phi) is 20.7. The summed E-state index contributed by atoms with van der Waals surface area (Å²) in [6.45, 7) is 22.5. The van der Waals surface area contributed by atoms with E-state index in [0.29, 0.717) is 5.75 Å². The molecule has 12 nitrogen and oxygen atoms in total. The van der Waals surface area contributed by atoms with Gasteiger partial charge in [0.2, 0.25) is 13.6 Å². The number of carbonyl (C=O) groups excluding carboxylic acids is 2. The highest BCUT2D eigenvalue weighted by Crippen LogP contribution is 2.50. The molecule has 0 saturated heterocycles. The second-order valence-electron chi connectivity index (χ2n) is 16.2. The van der Waals surface area contributed by atoms with Crippen LogP contribution >= 0.6 is 7.82 Å². The fourth-order valence-corrected chi connectivity index (χ4v) is 7.50. The number of carbonyl (C=O) groups is 2. The van der Waals surface area contributed by atoms with Gasteiger partial charge in [0, 0.05) is 5.56 Å². The second kappa shape index (κ2) is 23.5. The van der Waals surface area contributed by atoms with E-state index in [1.165, 1.54) is 44.9 Å². The average Bonchev–Trinajstić information content (AvgIpc) is 3.06. The molecule has 13 heteroatoms. The Labute approximate surface area is 325 Å². The molecule has 0 fully saturated rings. The first kappa shape index (κ1) is 47.6. The highest BCUT2D eigenvalue weighted by atomic mass is 31.2. The van der Waals surface area contributed by atoms with Crippen LogP contribution in [0.25, 0.3) is 0 Å². The third-order valence-corrected chi connectivity index (χ3v) is 11.2. The summed E-state index contributed by atoms with van der Waals surface area (Å²) < 4.78 is 61.3. The van der Waals surface area contributed by atoms with Gasteiger partial charge in [0.1, 0.15) is 23.7 Å². The molecule has 1 aromatic rings. The van der Waals surface area contributed by atoms with Crippen LogP contribution in [-0.2, 0) is 43.5 Å². The Hall–Kier alpha value is -2.53. The summed E-state index contributed by atoms with van der Waals surface area (Å²) in [5.74, 6) is 4.00. The zero-order valence-corrected chi connectivity index (χ0v) is 36.2. The largest absolute Gasteiger partial charge is 0.510 e. The number of phosphoric ester groups is 1. The van der Waals surface area contributed by atoms with Gasteiger partial charge in [-0.25, -0.2) is 23.2 Å². The molecule has 0 amide bonds. The molecule has 312 valence electrons. The van der Waals surface area contributed by atoms with Gasteiger partial charge in [0.25, 0.3) is 0 Å². The van der Waals surface area contributed by atoms with E-state index < -0.39 is 45.9 Å². The van der Waals surface area contributed by atoms with Gasteiger partial charge in [0.15, 0.2) is 0 Å². The minimum atomic E-state index is -4.39. The maximum Gasteiger partial charge on any atom is 0.510 e. The Morgan fingerprint density at radius 1 is 0.704 bits per heavy atom. The number of ether oxygens (including phenoxy) is 6. The van der Waals surface area contributed by atoms with Crippen LogP contribution in [0.3, 0.4) is 0 Å². The standard InChI is InChI=1S/C41H71O12P/c1-28(2)16-13-17-31(7)18-14-19-32(8)20-15-22-41(12)23-21-36-35(11)37(33(9)34(10)38(36)53-41)45-24-25-48-54(44,49-26-46-39(42)51-29(3)4)50-27-47-40(43)52-30(5)6/h28-32H,13-27H2,1-12H3/t31-,32-,41-/m1/s1. The van der Waals surface area contributed by atoms with Gasteiger partial charge in [-0.1, -0.05) is 72.6 Å². The van der Waals surface area contributed by atoms with Crippen molar-refractivity contribution >= 4 is 20.1 Å². The molecule has 0 radical (unpaired) electrons. The summed E-state index contributed by atoms with van der Waals surface area (Å²) in [6, 6.07) is 0. The molecule has 0 aliphatic carbocycles. The van der Waals surface area contributed by atoms with Gasteiger partial charge < -0.3 is 28.4 Å². The van der Waals surface area contributed by atoms with E-state index in [0.717, 1.165) is 71.4 Å². The molecule has 3 atom stereocenters. The summed E-state index contributed by atoms with van der Waals surface area (Å²) in [6.07, 6.45) is 10.3. The fourth-order valence-electron chi connectivity index (χ4n) is 6.61. The monoisotopic (exact) mass is 786 g/mol. The summed E-state index contributed by atoms with van der Waals surface area (Å²) in [5.41, 5.74) is 3.89. The molecule has 2 rings (SSSR count). The van der Waals surface area contributed by atoms with Crippen LogP contribution < -0.4 is 9.47 Å². The summed E-state index contributed by atoms with van der Waals surface area (Å²) >= 11 is 0. The zero-order chi connectivity index (χ0) is 40.5. The van der Waals surface area contributed by atoms with Crippen molar-refractivity contribution in [2.24, 2.45) is 17.8 Å². The van der Waals surface area contributed by atoms with E-state index in [2.05, 4.69) is 41.5 Å². The van der Waals surface area contributed by atoms with Crippen molar-refractivity contribution in [3.63, 3.8) is 0 Å². The minimum Gasteiger partial charge on any atom is -0.491 e. The molecule has 0 bridgehead atoms. The van der Waals surface area contributed by atoms with Crippen molar-refractivity contribution in [1.29, 1.82) is 0 Å². The molecular weight excluding hydrogens is 715 g/mol. The van der Waals surface area contributed by atoms with Crippen LogP contribution in [0.15, 0.2) is 0 Å². The van der Waals surface area contributed by atoms with Gasteiger partial charge in [-0.15, -0.1) is 0 Å². The maximum atomic E-state index is 13.3. The highest BCUT2D eigenvalue weighted by molar-refractivity contribution is 7.48. The number of benzene rings is 1. The highest BCUT2D eigenvalue weighted by Gasteiger charge is 2.35. The van der Waals surface area contributed by atoms with Gasteiger partial charge in [-0.2, -0.15) is 0 Å². The van der Waals surface area contributed by atoms with E-state index in [1.807, 2.05) is 13.8 Å². The number of fused-ring (bicyclic) bond motifs is 1. The maximum absolute atomic E-state index is 13.3. The topological polar surface area (TPSA) is 134 Å². The Bertz CT molecular complexity index is 1310. The number of rotatable bonds is 25. The third kappa shape index (κ3) is 17.5. The van der Waals surface area contributed by atoms with Crippen LogP contribution in [0.1, 0.15) is 149 Å². The summed E-state index contributed by atoms with van der Waals surface area (Å²) in [5, 5.41) is 0. The van der Waals surface area contributed by atoms with E-state index in [1.54, 1.807) is 27.7 Å². The van der Waals surface area contributed by atoms with Crippen molar-refractivity contribution in [3.05, 3.63) is 22.3 Å². The Morgan fingerprint density at radius 2 is 1.22 bits per heavy atom. The zero-order valence-electron chi connectivity index (χ0n) is 35.3. The summed E-state index contributed by atoms with van der Waals surface area (Å²) in [7, 11) is -4.39. The van der Waals surface area contributed by atoms with E-state index >= 15 is 0 Å². The van der Waals surface area contributed by atoms with Crippen molar-refractivity contribution in [2.45, 2.75) is 172 Å². The van der Waals surface area contributed by atoms with Gasteiger partial charge >= 0.3 is 20.1 Å². The van der Waals surface area contributed by atoms with Crippen LogP contribution in [0.5, 0.6) is 11.5 Å². The molecular formula is C41H71O12P. The first-order valence-corrected chi connectivity index (χ1v) is 21.5. The van der Waals surface area contributed by atoms with Crippen molar-refractivity contribution in [3.8, 4) is 11.5 Å². The SMILES string of the molecule is Cc1c(C)c2c(c(C)c1OCCOP(=O)(OCOC(=O)OC(C)C)OCOC(=O)OC(C)C)CC[C@@](C)(CCC[C@H](C)CCC[C@H](C)CCCC(C)C)O2. The lowest BCUT2D eigenvalue weighted by atomic mass is 9.83. The summed E-state index contributed by atoms with van der Waals surface area (Å²) in [4.78, 5) is 23.5. The molecule has 0 unspecified atom stereocenters. The lowest BCUT2D eigenvalue weighted by Gasteiger charge is -2.38. The molecule has 1 heterocycles. The fraction of sp³-hybridized carbons (Fsp3) is 0.805. The number of hydrogen-bond donors (Lipinski definition) is 0. The van der Waals surface area contributed by atoms with Gasteiger partial charge in [-0.05, 0) is 116 Å².